The number of piperidine rings is 1. The summed E-state index contributed by atoms with van der Waals surface area (Å²) in [7, 11) is 0.444. The second-order valence-corrected chi connectivity index (χ2v) is 9.94. The molecular weight excluding hydrogens is 471 g/mol. The van der Waals surface area contributed by atoms with Gasteiger partial charge >= 0.3 is 0 Å². The second kappa shape index (κ2) is 10.0. The molecule has 0 saturated carbocycles. The molecule has 3 aromatic heterocycles. The summed E-state index contributed by atoms with van der Waals surface area (Å²) in [5.41, 5.74) is 1.29. The van der Waals surface area contributed by atoms with Crippen LogP contribution in [-0.2, 0) is 0 Å². The summed E-state index contributed by atoms with van der Waals surface area (Å²) >= 11 is 1.33. The predicted molar refractivity (Wildman–Crippen MR) is 136 cm³/mol. The van der Waals surface area contributed by atoms with E-state index in [4.69, 9.17) is 9.84 Å². The predicted octanol–water partition coefficient (Wildman–Crippen LogP) is 3.87. The van der Waals surface area contributed by atoms with Crippen molar-refractivity contribution in [1.29, 1.82) is 0 Å². The molecule has 1 unspecified atom stereocenters. The van der Waals surface area contributed by atoms with Gasteiger partial charge in [-0.25, -0.2) is 9.44 Å². The molecule has 10 nitrogen and oxygen atoms in total. The fourth-order valence-electron chi connectivity index (χ4n) is 3.84. The molecule has 0 radical (unpaired) electrons. The van der Waals surface area contributed by atoms with Gasteiger partial charge in [-0.15, -0.1) is 15.3 Å². The lowest BCUT2D eigenvalue weighted by molar-refractivity contribution is 0.102. The molecule has 4 aromatic rings. The second-order valence-electron chi connectivity index (χ2n) is 7.89. The normalized spacial score (nSPS) is 16.2. The van der Waals surface area contributed by atoms with Crippen LogP contribution in [0.1, 0.15) is 28.2 Å². The van der Waals surface area contributed by atoms with E-state index in [1.165, 1.54) is 11.3 Å². The van der Waals surface area contributed by atoms with Crippen molar-refractivity contribution in [2.75, 3.05) is 30.4 Å². The van der Waals surface area contributed by atoms with Crippen LogP contribution >= 0.6 is 20.1 Å². The summed E-state index contributed by atoms with van der Waals surface area (Å²) in [6.45, 7) is 5.86. The smallest absolute Gasteiger partial charge is 0.257 e. The molecule has 2 atom stereocenters. The summed E-state index contributed by atoms with van der Waals surface area (Å²) in [5.74, 6) is 1.83. The molecule has 1 amide bonds. The number of pyridine rings is 1. The Morgan fingerprint density at radius 1 is 1.26 bits per heavy atom. The van der Waals surface area contributed by atoms with Crippen LogP contribution in [-0.4, -0.2) is 56.4 Å². The number of anilines is 2. The van der Waals surface area contributed by atoms with Crippen molar-refractivity contribution in [2.24, 2.45) is 0 Å². The first-order chi connectivity index (χ1) is 16.6. The molecule has 0 bridgehead atoms. The Kier molecular flexibility index (Phi) is 6.66. The quantitative estimate of drug-likeness (QED) is 0.330. The summed E-state index contributed by atoms with van der Waals surface area (Å²) in [4.78, 5) is 17.0. The molecule has 1 aliphatic heterocycles. The zero-order chi connectivity index (χ0) is 23.5. The van der Waals surface area contributed by atoms with Crippen LogP contribution in [0.2, 0.25) is 0 Å². The Morgan fingerprint density at radius 3 is 2.82 bits per heavy atom. The first kappa shape index (κ1) is 22.6. The van der Waals surface area contributed by atoms with Crippen molar-refractivity contribution in [1.82, 2.24) is 30.0 Å². The van der Waals surface area contributed by atoms with Crippen molar-refractivity contribution in [3.05, 3.63) is 47.1 Å². The Bertz CT molecular complexity index is 1300. The molecule has 0 aliphatic carbocycles. The maximum Gasteiger partial charge on any atom is 0.257 e. The molecule has 3 N–H and O–H groups in total. The minimum Gasteiger partial charge on any atom is -0.456 e. The fourth-order valence-corrected chi connectivity index (χ4v) is 5.01. The average Bonchev–Trinajstić information content (AvgIpc) is 3.43. The minimum atomic E-state index is -0.244. The Hall–Kier alpha value is -3.14. The van der Waals surface area contributed by atoms with E-state index in [9.17, 15) is 4.79 Å². The van der Waals surface area contributed by atoms with Crippen LogP contribution in [0.25, 0.3) is 11.0 Å². The van der Waals surface area contributed by atoms with E-state index in [0.717, 1.165) is 47.8 Å². The van der Waals surface area contributed by atoms with Gasteiger partial charge in [0, 0.05) is 39.1 Å². The first-order valence-electron chi connectivity index (χ1n) is 11.0. The van der Waals surface area contributed by atoms with Gasteiger partial charge in [0.05, 0.1) is 0 Å². The Balaban J connectivity index is 1.37. The molecular formula is C22H25N8O2PS. The van der Waals surface area contributed by atoms with E-state index in [2.05, 4.69) is 37.8 Å². The third kappa shape index (κ3) is 4.86. The number of fused-ring (bicyclic) bond motifs is 1. The molecule has 1 aliphatic rings. The molecule has 12 heteroatoms. The number of nitrogens with zero attached hydrogens (tertiary/aromatic N) is 5. The molecule has 1 saturated heterocycles. The van der Waals surface area contributed by atoms with Crippen LogP contribution in [0.15, 0.2) is 36.5 Å². The number of carbonyl (C=O) groups excluding carboxylic acids is 1. The van der Waals surface area contributed by atoms with Crippen molar-refractivity contribution < 1.29 is 9.53 Å². The number of nitrogens with one attached hydrogen (secondary N) is 3. The number of aryl methyl sites for hydroxylation is 1. The third-order valence-corrected chi connectivity index (χ3v) is 6.96. The zero-order valence-electron chi connectivity index (χ0n) is 18.8. The van der Waals surface area contributed by atoms with Gasteiger partial charge in [0.25, 0.3) is 5.91 Å². The number of hydrogen-bond acceptors (Lipinski definition) is 9. The van der Waals surface area contributed by atoms with Gasteiger partial charge in [-0.3, -0.25) is 10.1 Å². The monoisotopic (exact) mass is 496 g/mol. The first-order valence-corrected chi connectivity index (χ1v) is 13.3. The van der Waals surface area contributed by atoms with E-state index >= 15 is 0 Å². The van der Waals surface area contributed by atoms with E-state index in [-0.39, 0.29) is 5.91 Å². The van der Waals surface area contributed by atoms with Crippen LogP contribution in [0.3, 0.4) is 0 Å². The van der Waals surface area contributed by atoms with Crippen LogP contribution in [0.5, 0.6) is 11.5 Å². The highest BCUT2D eigenvalue weighted by atomic mass is 32.1. The lowest BCUT2D eigenvalue weighted by Gasteiger charge is -2.23. The average molecular weight is 497 g/mol. The topological polar surface area (TPSA) is 119 Å². The number of hydrogen-bond donors (Lipinski definition) is 3. The van der Waals surface area contributed by atoms with Gasteiger partial charge in [-0.05, 0) is 57.2 Å². The minimum absolute atomic E-state index is 0.244. The lowest BCUT2D eigenvalue weighted by atomic mass is 10.1. The molecule has 0 spiro atoms. The van der Waals surface area contributed by atoms with E-state index in [0.29, 0.717) is 37.0 Å². The number of amides is 1. The Morgan fingerprint density at radius 2 is 2.12 bits per heavy atom. The van der Waals surface area contributed by atoms with Gasteiger partial charge in [0.15, 0.2) is 11.5 Å². The highest BCUT2D eigenvalue weighted by molar-refractivity contribution is 7.35. The number of benzene rings is 1. The van der Waals surface area contributed by atoms with Gasteiger partial charge in [-0.1, -0.05) is 11.3 Å². The van der Waals surface area contributed by atoms with E-state index in [1.54, 1.807) is 30.5 Å². The number of aromatic nitrogens is 5. The fraction of sp³-hybridized carbons (Fsp3) is 0.318. The van der Waals surface area contributed by atoms with Crippen LogP contribution in [0, 0.1) is 6.92 Å². The molecule has 4 heterocycles. The van der Waals surface area contributed by atoms with E-state index in [1.807, 2.05) is 17.4 Å². The lowest BCUT2D eigenvalue weighted by Crippen LogP contribution is -2.38. The summed E-state index contributed by atoms with van der Waals surface area (Å²) in [5, 5.41) is 24.5. The van der Waals surface area contributed by atoms with Gasteiger partial charge in [0.1, 0.15) is 21.9 Å². The van der Waals surface area contributed by atoms with Crippen LogP contribution < -0.4 is 20.7 Å². The standard InChI is InChI=1S/C22H25N8O2PS/c1-13-27-28-22(34-13)26-21(31)14-5-7-16(8-6-14)32-17-9-11-24-20-18(17)19(29-30(20)33-2)25-15-4-3-10-23-12-15/h5-9,11,15,23,33H,3-4,10,12H2,1-2H3,(H,25,29)(H,26,28,31)/t15-/m1/s1. The van der Waals surface area contributed by atoms with Crippen molar-refractivity contribution >= 4 is 48.0 Å². The molecule has 34 heavy (non-hydrogen) atoms. The zero-order valence-corrected chi connectivity index (χ0v) is 20.6. The maximum atomic E-state index is 12.5. The highest BCUT2D eigenvalue weighted by Gasteiger charge is 2.21. The van der Waals surface area contributed by atoms with Crippen molar-refractivity contribution in [3.63, 3.8) is 0 Å². The number of ether oxygens (including phenoxy) is 1. The Labute approximate surface area is 202 Å². The van der Waals surface area contributed by atoms with Crippen molar-refractivity contribution in [3.8, 4) is 11.5 Å². The van der Waals surface area contributed by atoms with Crippen molar-refractivity contribution in [2.45, 2.75) is 25.8 Å². The summed E-state index contributed by atoms with van der Waals surface area (Å²) in [6, 6.07) is 9.15. The largest absolute Gasteiger partial charge is 0.456 e. The van der Waals surface area contributed by atoms with Crippen LogP contribution in [0.4, 0.5) is 10.9 Å². The SMILES string of the molecule is CPn1nc(N[C@@H]2CCCNC2)c2c(Oc3ccc(C(=O)Nc4nnc(C)s4)cc3)ccnc21. The number of rotatable bonds is 7. The summed E-state index contributed by atoms with van der Waals surface area (Å²) in [6.07, 6.45) is 3.95. The third-order valence-electron chi connectivity index (χ3n) is 5.47. The van der Waals surface area contributed by atoms with Gasteiger partial charge in [-0.2, -0.15) is 0 Å². The highest BCUT2D eigenvalue weighted by Crippen LogP contribution is 2.36. The summed E-state index contributed by atoms with van der Waals surface area (Å²) < 4.78 is 8.14. The molecule has 1 fully saturated rings. The van der Waals surface area contributed by atoms with Gasteiger partial charge in [0.2, 0.25) is 5.13 Å². The maximum absolute atomic E-state index is 12.5. The number of carbonyl (C=O) groups is 1. The van der Waals surface area contributed by atoms with Gasteiger partial charge < -0.3 is 15.4 Å². The van der Waals surface area contributed by atoms with E-state index < -0.39 is 0 Å². The molecule has 1 aromatic carbocycles. The molecule has 5 rings (SSSR count). The molecule has 176 valence electrons.